The van der Waals surface area contributed by atoms with Crippen LogP contribution in [-0.4, -0.2) is 28.1 Å². The maximum absolute atomic E-state index is 13.6. The number of hydrogen-bond acceptors (Lipinski definition) is 3. The first-order valence-electron chi connectivity index (χ1n) is 8.36. The average molecular weight is 381 g/mol. The predicted molar refractivity (Wildman–Crippen MR) is 93.9 cm³/mol. The van der Waals surface area contributed by atoms with Crippen LogP contribution in [0.2, 0.25) is 0 Å². The monoisotopic (exact) mass is 381 g/mol. The van der Waals surface area contributed by atoms with Gasteiger partial charge in [-0.15, -0.1) is 0 Å². The second-order valence-corrected chi connectivity index (χ2v) is 6.22. The summed E-state index contributed by atoms with van der Waals surface area (Å²) in [4.78, 5) is 6.19. The Morgan fingerprint density at radius 3 is 2.52 bits per heavy atom. The summed E-state index contributed by atoms with van der Waals surface area (Å²) in [6.45, 7) is -3.48. The molecule has 144 valence electrons. The molecule has 0 aliphatic heterocycles. The topological polar surface area (TPSA) is 30.3 Å². The lowest BCUT2D eigenvalue weighted by Gasteiger charge is -2.25. The Balaban J connectivity index is 1.85. The molecule has 0 aliphatic carbocycles. The van der Waals surface area contributed by atoms with Gasteiger partial charge in [0.2, 0.25) is 0 Å². The van der Waals surface area contributed by atoms with Gasteiger partial charge in [-0.1, -0.05) is 24.3 Å². The van der Waals surface area contributed by atoms with Crippen molar-refractivity contribution in [2.24, 2.45) is 0 Å². The van der Waals surface area contributed by atoms with E-state index in [2.05, 4.69) is 9.72 Å². The first kappa shape index (κ1) is 19.2. The van der Waals surface area contributed by atoms with Gasteiger partial charge in [0.15, 0.2) is 0 Å². The fraction of sp³-hybridized carbons (Fsp3) is 0.316. The van der Waals surface area contributed by atoms with Crippen LogP contribution in [0.4, 0.5) is 17.6 Å². The minimum atomic E-state index is -2.90. The van der Waals surface area contributed by atoms with Gasteiger partial charge in [0.1, 0.15) is 11.6 Å². The molecule has 0 N–H and O–H groups in total. The average Bonchev–Trinajstić information content (AvgIpc) is 3.00. The Labute approximate surface area is 154 Å². The number of aromatic nitrogens is 2. The Bertz CT molecular complexity index is 913. The summed E-state index contributed by atoms with van der Waals surface area (Å²) in [7, 11) is 1.76. The first-order chi connectivity index (χ1) is 12.9. The summed E-state index contributed by atoms with van der Waals surface area (Å²) in [6.07, 6.45) is 0. The lowest BCUT2D eigenvalue weighted by Crippen LogP contribution is -2.25. The van der Waals surface area contributed by atoms with Crippen LogP contribution < -0.4 is 4.74 Å². The highest BCUT2D eigenvalue weighted by atomic mass is 19.3. The highest BCUT2D eigenvalue weighted by molar-refractivity contribution is 5.76. The maximum atomic E-state index is 13.6. The van der Waals surface area contributed by atoms with E-state index in [0.29, 0.717) is 17.6 Å². The lowest BCUT2D eigenvalue weighted by atomic mass is 10.1. The second-order valence-electron chi connectivity index (χ2n) is 6.22. The molecule has 27 heavy (non-hydrogen) atoms. The highest BCUT2D eigenvalue weighted by Crippen LogP contribution is 2.29. The SMILES string of the molecule is CC(c1nc2ccccc2n1C(F)F)N(C)Cc1cccc(OC(F)F)c1. The highest BCUT2D eigenvalue weighted by Gasteiger charge is 2.24. The molecule has 0 amide bonds. The van der Waals surface area contributed by atoms with Crippen LogP contribution in [0.1, 0.15) is 30.9 Å². The van der Waals surface area contributed by atoms with E-state index in [0.717, 1.165) is 10.1 Å². The van der Waals surface area contributed by atoms with Gasteiger partial charge in [-0.3, -0.25) is 9.47 Å². The molecular weight excluding hydrogens is 362 g/mol. The van der Waals surface area contributed by atoms with E-state index in [4.69, 9.17) is 0 Å². The zero-order chi connectivity index (χ0) is 19.6. The number of benzene rings is 2. The Morgan fingerprint density at radius 1 is 1.07 bits per heavy atom. The summed E-state index contributed by atoms with van der Waals surface area (Å²) < 4.78 is 57.3. The normalized spacial score (nSPS) is 13.1. The standard InChI is InChI=1S/C19H19F4N3O/c1-12(17-24-15-8-3-4-9-16(15)26(17)18(20)21)25(2)11-13-6-5-7-14(10-13)27-19(22)23/h3-10,12,18-19H,11H2,1-2H3. The van der Waals surface area contributed by atoms with Crippen molar-refractivity contribution in [1.29, 1.82) is 0 Å². The molecule has 1 aromatic heterocycles. The quantitative estimate of drug-likeness (QED) is 0.525. The Hall–Kier alpha value is -2.61. The number of para-hydroxylation sites is 2. The minimum absolute atomic E-state index is 0.0587. The van der Waals surface area contributed by atoms with Crippen molar-refractivity contribution in [3.63, 3.8) is 0 Å². The molecule has 2 aromatic carbocycles. The summed E-state index contributed by atoms with van der Waals surface area (Å²) >= 11 is 0. The van der Waals surface area contributed by atoms with Crippen LogP contribution in [0.5, 0.6) is 5.75 Å². The van der Waals surface area contributed by atoms with Crippen LogP contribution in [0.3, 0.4) is 0 Å². The fourth-order valence-corrected chi connectivity index (χ4v) is 3.00. The third kappa shape index (κ3) is 4.21. The molecule has 0 aliphatic rings. The molecule has 0 fully saturated rings. The number of ether oxygens (including phenoxy) is 1. The van der Waals surface area contributed by atoms with Crippen molar-refractivity contribution >= 4 is 11.0 Å². The van der Waals surface area contributed by atoms with Crippen molar-refractivity contribution in [3.8, 4) is 5.75 Å². The van der Waals surface area contributed by atoms with Gasteiger partial charge in [-0.05, 0) is 43.8 Å². The van der Waals surface area contributed by atoms with Crippen molar-refractivity contribution in [2.45, 2.75) is 32.7 Å². The van der Waals surface area contributed by atoms with Gasteiger partial charge in [-0.2, -0.15) is 17.6 Å². The zero-order valence-corrected chi connectivity index (χ0v) is 14.8. The fourth-order valence-electron chi connectivity index (χ4n) is 3.00. The molecule has 8 heteroatoms. The molecule has 1 unspecified atom stereocenters. The van der Waals surface area contributed by atoms with E-state index in [9.17, 15) is 17.6 Å². The molecule has 3 aromatic rings. The van der Waals surface area contributed by atoms with E-state index in [-0.39, 0.29) is 11.6 Å². The van der Waals surface area contributed by atoms with Gasteiger partial charge in [0.05, 0.1) is 17.1 Å². The van der Waals surface area contributed by atoms with E-state index in [1.165, 1.54) is 12.1 Å². The van der Waals surface area contributed by atoms with Crippen molar-refractivity contribution in [2.75, 3.05) is 7.05 Å². The van der Waals surface area contributed by atoms with Gasteiger partial charge in [0, 0.05) is 6.54 Å². The van der Waals surface area contributed by atoms with Crippen LogP contribution in [0, 0.1) is 0 Å². The van der Waals surface area contributed by atoms with Crippen molar-refractivity contribution in [3.05, 3.63) is 59.9 Å². The third-order valence-corrected chi connectivity index (χ3v) is 4.41. The summed E-state index contributed by atoms with van der Waals surface area (Å²) in [5.41, 5.74) is 1.60. The van der Waals surface area contributed by atoms with E-state index >= 15 is 0 Å². The third-order valence-electron chi connectivity index (χ3n) is 4.41. The number of fused-ring (bicyclic) bond motifs is 1. The molecule has 0 saturated carbocycles. The Kier molecular flexibility index (Phi) is 5.65. The maximum Gasteiger partial charge on any atom is 0.387 e. The first-order valence-corrected chi connectivity index (χ1v) is 8.36. The predicted octanol–water partition coefficient (Wildman–Crippen LogP) is 5.23. The Morgan fingerprint density at radius 2 is 1.81 bits per heavy atom. The number of alkyl halides is 4. The largest absolute Gasteiger partial charge is 0.435 e. The number of rotatable bonds is 7. The van der Waals surface area contributed by atoms with Crippen molar-refractivity contribution < 1.29 is 22.3 Å². The summed E-state index contributed by atoms with van der Waals surface area (Å²) in [5.74, 6) is 0.303. The number of imidazole rings is 1. The molecule has 1 atom stereocenters. The minimum Gasteiger partial charge on any atom is -0.435 e. The molecule has 4 nitrogen and oxygen atoms in total. The second kappa shape index (κ2) is 7.96. The number of hydrogen-bond donors (Lipinski definition) is 0. The van der Waals surface area contributed by atoms with Crippen LogP contribution >= 0.6 is 0 Å². The van der Waals surface area contributed by atoms with Crippen LogP contribution in [0.25, 0.3) is 11.0 Å². The molecule has 0 spiro atoms. The molecule has 1 heterocycles. The van der Waals surface area contributed by atoms with Gasteiger partial charge in [-0.25, -0.2) is 4.98 Å². The molecule has 0 bridgehead atoms. The molecule has 0 radical (unpaired) electrons. The molecular formula is C19H19F4N3O. The summed E-state index contributed by atoms with van der Waals surface area (Å²) in [5, 5.41) is 0. The molecule has 0 saturated heterocycles. The molecule has 3 rings (SSSR count). The lowest BCUT2D eigenvalue weighted by molar-refractivity contribution is -0.0499. The van der Waals surface area contributed by atoms with E-state index < -0.39 is 19.2 Å². The van der Waals surface area contributed by atoms with Gasteiger partial charge in [0.25, 0.3) is 0 Å². The van der Waals surface area contributed by atoms with Crippen molar-refractivity contribution in [1.82, 2.24) is 14.5 Å². The number of nitrogens with zero attached hydrogens (tertiary/aromatic N) is 3. The smallest absolute Gasteiger partial charge is 0.387 e. The summed E-state index contributed by atoms with van der Waals surface area (Å²) in [6, 6.07) is 12.6. The van der Waals surface area contributed by atoms with Gasteiger partial charge >= 0.3 is 13.2 Å². The number of halogens is 4. The van der Waals surface area contributed by atoms with E-state index in [1.54, 1.807) is 50.4 Å². The van der Waals surface area contributed by atoms with E-state index in [1.807, 2.05) is 4.90 Å². The zero-order valence-electron chi connectivity index (χ0n) is 14.8. The van der Waals surface area contributed by atoms with Crippen LogP contribution in [-0.2, 0) is 6.54 Å². The van der Waals surface area contributed by atoms with Crippen LogP contribution in [0.15, 0.2) is 48.5 Å². The van der Waals surface area contributed by atoms with Gasteiger partial charge < -0.3 is 4.74 Å².